The number of nitrogens with zero attached hydrogens (tertiary/aromatic N) is 2. The maximum atomic E-state index is 13.4. The first-order valence-corrected chi connectivity index (χ1v) is 12.4. The van der Waals surface area contributed by atoms with Gasteiger partial charge in [-0.15, -0.1) is 0 Å². The van der Waals surface area contributed by atoms with E-state index in [9.17, 15) is 13.2 Å². The zero-order chi connectivity index (χ0) is 22.6. The fraction of sp³-hybridized carbons (Fsp3) is 0.240. The highest BCUT2D eigenvalue weighted by molar-refractivity contribution is 7.89. The van der Waals surface area contributed by atoms with E-state index in [1.54, 1.807) is 17.0 Å². The number of rotatable bonds is 7. The number of halogens is 1. The lowest BCUT2D eigenvalue weighted by atomic mass is 10.00. The first-order valence-electron chi connectivity index (χ1n) is 10.6. The molecule has 1 amide bonds. The number of carbonyl (C=O) groups excluding carboxylic acids is 1. The Morgan fingerprint density at radius 1 is 0.906 bits per heavy atom. The average Bonchev–Trinajstić information content (AvgIpc) is 2.82. The van der Waals surface area contributed by atoms with Gasteiger partial charge in [-0.05, 0) is 53.8 Å². The lowest BCUT2D eigenvalue weighted by molar-refractivity contribution is -0.132. The molecule has 4 rings (SSSR count). The summed E-state index contributed by atoms with van der Waals surface area (Å²) in [5.74, 6) is -0.190. The van der Waals surface area contributed by atoms with Crippen molar-refractivity contribution in [2.45, 2.75) is 24.3 Å². The summed E-state index contributed by atoms with van der Waals surface area (Å²) in [4.78, 5) is 15.0. The van der Waals surface area contributed by atoms with Crippen LogP contribution in [-0.2, 0) is 34.2 Å². The minimum atomic E-state index is -3.86. The van der Waals surface area contributed by atoms with Crippen LogP contribution in [0.5, 0.6) is 0 Å². The van der Waals surface area contributed by atoms with Crippen LogP contribution in [0, 0.1) is 0 Å². The van der Waals surface area contributed by atoms with Crippen LogP contribution in [0.1, 0.15) is 16.7 Å². The van der Waals surface area contributed by atoms with Crippen molar-refractivity contribution in [3.05, 3.63) is 101 Å². The van der Waals surface area contributed by atoms with Crippen molar-refractivity contribution in [1.29, 1.82) is 0 Å². The smallest absolute Gasteiger partial charge is 0.243 e. The Bertz CT molecular complexity index is 1180. The summed E-state index contributed by atoms with van der Waals surface area (Å²) < 4.78 is 28.1. The van der Waals surface area contributed by atoms with Crippen LogP contribution in [0.3, 0.4) is 0 Å². The Balaban J connectivity index is 1.54. The highest BCUT2D eigenvalue weighted by atomic mass is 35.5. The second kappa shape index (κ2) is 9.86. The molecule has 3 aromatic carbocycles. The molecule has 0 saturated heterocycles. The molecule has 0 fully saturated rings. The van der Waals surface area contributed by atoms with Crippen molar-refractivity contribution >= 4 is 27.5 Å². The largest absolute Gasteiger partial charge is 0.337 e. The lowest BCUT2D eigenvalue weighted by Crippen LogP contribution is -2.45. The van der Waals surface area contributed by atoms with Gasteiger partial charge in [0.05, 0.1) is 11.4 Å². The van der Waals surface area contributed by atoms with E-state index in [-0.39, 0.29) is 23.9 Å². The molecule has 0 radical (unpaired) electrons. The van der Waals surface area contributed by atoms with Crippen LogP contribution in [0.15, 0.2) is 83.8 Å². The predicted molar refractivity (Wildman–Crippen MR) is 126 cm³/mol. The van der Waals surface area contributed by atoms with Crippen LogP contribution in [0.2, 0.25) is 5.02 Å². The molecule has 7 heteroatoms. The molecule has 0 unspecified atom stereocenters. The van der Waals surface area contributed by atoms with E-state index in [1.807, 2.05) is 48.5 Å². The SMILES string of the molecule is O=C(CN(CCc1ccccc1)S(=O)(=O)c1ccc(Cl)cc1)N1CCc2ccccc2C1. The van der Waals surface area contributed by atoms with Gasteiger partial charge < -0.3 is 4.90 Å². The van der Waals surface area contributed by atoms with Gasteiger partial charge in [-0.2, -0.15) is 4.31 Å². The van der Waals surface area contributed by atoms with E-state index in [2.05, 4.69) is 6.07 Å². The highest BCUT2D eigenvalue weighted by Gasteiger charge is 2.29. The van der Waals surface area contributed by atoms with Gasteiger partial charge >= 0.3 is 0 Å². The molecule has 1 heterocycles. The van der Waals surface area contributed by atoms with Crippen LogP contribution >= 0.6 is 11.6 Å². The normalized spacial score (nSPS) is 13.8. The van der Waals surface area contributed by atoms with Crippen LogP contribution in [0.4, 0.5) is 0 Å². The molecule has 0 aliphatic carbocycles. The Morgan fingerprint density at radius 2 is 1.56 bits per heavy atom. The summed E-state index contributed by atoms with van der Waals surface area (Å²) in [5.41, 5.74) is 3.37. The quantitative estimate of drug-likeness (QED) is 0.523. The minimum absolute atomic E-state index is 0.131. The summed E-state index contributed by atoms with van der Waals surface area (Å²) in [6, 6.07) is 23.8. The molecule has 1 aliphatic rings. The van der Waals surface area contributed by atoms with Gasteiger partial charge in [-0.25, -0.2) is 8.42 Å². The van der Waals surface area contributed by atoms with Gasteiger partial charge in [0.2, 0.25) is 15.9 Å². The third kappa shape index (κ3) is 5.21. The molecule has 166 valence electrons. The minimum Gasteiger partial charge on any atom is -0.337 e. The van der Waals surface area contributed by atoms with Gasteiger partial charge in [0.25, 0.3) is 0 Å². The van der Waals surface area contributed by atoms with Gasteiger partial charge in [-0.1, -0.05) is 66.2 Å². The number of amides is 1. The van der Waals surface area contributed by atoms with Crippen molar-refractivity contribution in [3.63, 3.8) is 0 Å². The lowest BCUT2D eigenvalue weighted by Gasteiger charge is -2.31. The Morgan fingerprint density at radius 3 is 2.28 bits per heavy atom. The van der Waals surface area contributed by atoms with E-state index in [4.69, 9.17) is 11.6 Å². The number of sulfonamides is 1. The summed E-state index contributed by atoms with van der Waals surface area (Å²) in [5, 5.41) is 0.461. The fourth-order valence-corrected chi connectivity index (χ4v) is 5.41. The van der Waals surface area contributed by atoms with E-state index in [1.165, 1.54) is 22.0 Å². The van der Waals surface area contributed by atoms with Crippen molar-refractivity contribution in [1.82, 2.24) is 9.21 Å². The van der Waals surface area contributed by atoms with Crippen molar-refractivity contribution in [3.8, 4) is 0 Å². The second-order valence-electron chi connectivity index (χ2n) is 7.86. The van der Waals surface area contributed by atoms with Crippen molar-refractivity contribution in [2.24, 2.45) is 0 Å². The summed E-state index contributed by atoms with van der Waals surface area (Å²) >= 11 is 5.94. The summed E-state index contributed by atoms with van der Waals surface area (Å²) in [6.45, 7) is 1.11. The standard InChI is InChI=1S/C25H25ClN2O3S/c26-23-10-12-24(13-11-23)32(30,31)28(17-14-20-6-2-1-3-7-20)19-25(29)27-16-15-21-8-4-5-9-22(21)18-27/h1-13H,14-19H2. The van der Waals surface area contributed by atoms with E-state index in [0.717, 1.165) is 17.5 Å². The monoisotopic (exact) mass is 468 g/mol. The number of benzene rings is 3. The third-order valence-corrected chi connectivity index (χ3v) is 7.85. The number of fused-ring (bicyclic) bond motifs is 1. The third-order valence-electron chi connectivity index (χ3n) is 5.74. The summed E-state index contributed by atoms with van der Waals surface area (Å²) in [7, 11) is -3.86. The molecule has 0 atom stereocenters. The molecule has 3 aromatic rings. The highest BCUT2D eigenvalue weighted by Crippen LogP contribution is 2.22. The molecule has 0 spiro atoms. The summed E-state index contributed by atoms with van der Waals surface area (Å²) in [6.07, 6.45) is 1.29. The molecule has 5 nitrogen and oxygen atoms in total. The van der Waals surface area contributed by atoms with Crippen LogP contribution in [-0.4, -0.2) is 43.2 Å². The predicted octanol–water partition coefficient (Wildman–Crippen LogP) is 4.16. The fourth-order valence-electron chi connectivity index (χ4n) is 3.90. The first kappa shape index (κ1) is 22.5. The Labute approximate surface area is 194 Å². The molecular formula is C25H25ClN2O3S. The van der Waals surface area contributed by atoms with Gasteiger partial charge in [0.1, 0.15) is 0 Å². The zero-order valence-corrected chi connectivity index (χ0v) is 19.2. The maximum absolute atomic E-state index is 13.4. The molecular weight excluding hydrogens is 444 g/mol. The van der Waals surface area contributed by atoms with Crippen molar-refractivity contribution in [2.75, 3.05) is 19.6 Å². The van der Waals surface area contributed by atoms with Gasteiger partial charge in [0.15, 0.2) is 0 Å². The molecule has 0 saturated carbocycles. The Hall–Kier alpha value is -2.67. The molecule has 32 heavy (non-hydrogen) atoms. The zero-order valence-electron chi connectivity index (χ0n) is 17.7. The number of carbonyl (C=O) groups is 1. The van der Waals surface area contributed by atoms with E-state index < -0.39 is 10.0 Å². The van der Waals surface area contributed by atoms with Crippen LogP contribution < -0.4 is 0 Å². The van der Waals surface area contributed by atoms with E-state index in [0.29, 0.717) is 24.5 Å². The maximum Gasteiger partial charge on any atom is 0.243 e. The van der Waals surface area contributed by atoms with Crippen LogP contribution in [0.25, 0.3) is 0 Å². The van der Waals surface area contributed by atoms with E-state index >= 15 is 0 Å². The second-order valence-corrected chi connectivity index (χ2v) is 10.2. The molecule has 0 aromatic heterocycles. The Kier molecular flexibility index (Phi) is 6.94. The number of hydrogen-bond acceptors (Lipinski definition) is 3. The first-order chi connectivity index (χ1) is 15.4. The molecule has 0 bridgehead atoms. The average molecular weight is 469 g/mol. The molecule has 0 N–H and O–H groups in total. The topological polar surface area (TPSA) is 57.7 Å². The van der Waals surface area contributed by atoms with Gasteiger partial charge in [0, 0.05) is 24.7 Å². The number of hydrogen-bond donors (Lipinski definition) is 0. The van der Waals surface area contributed by atoms with Crippen molar-refractivity contribution < 1.29 is 13.2 Å². The van der Waals surface area contributed by atoms with Gasteiger partial charge in [-0.3, -0.25) is 4.79 Å². The molecule has 1 aliphatic heterocycles.